The van der Waals surface area contributed by atoms with E-state index in [4.69, 9.17) is 10.2 Å². The maximum absolute atomic E-state index is 13.1. The van der Waals surface area contributed by atoms with Gasteiger partial charge >= 0.3 is 12.4 Å². The number of nitrogens with zero attached hydrogens (tertiary/aromatic N) is 2. The molecule has 3 aromatic rings. The van der Waals surface area contributed by atoms with Crippen molar-refractivity contribution in [3.63, 3.8) is 0 Å². The summed E-state index contributed by atoms with van der Waals surface area (Å²) in [4.78, 5) is 17.5. The fourth-order valence-electron chi connectivity index (χ4n) is 3.47. The zero-order valence-corrected chi connectivity index (χ0v) is 18.5. The van der Waals surface area contributed by atoms with Crippen LogP contribution in [0, 0.1) is 6.92 Å². The second-order valence-corrected chi connectivity index (χ2v) is 7.73. The van der Waals surface area contributed by atoms with E-state index < -0.39 is 29.4 Å². The number of carbonyl (C=O) groups is 1. The van der Waals surface area contributed by atoms with Gasteiger partial charge in [0.2, 0.25) is 11.8 Å². The SMILES string of the molecule is CCN(Cc1nc(-c2cccc(C(N)=O)c2)oc1C)c1ccc(C(O)(C(F)(F)F)C(F)(F)F)cc1. The lowest BCUT2D eigenvalue weighted by molar-refractivity contribution is -0.376. The standard InChI is InChI=1S/C23H21F6N3O3/c1-3-32(17-9-7-16(8-10-17)21(34,22(24,25)26)23(27,28)29)12-18-13(2)35-20(31-18)15-6-4-5-14(11-15)19(30)33/h4-11,34H,3,12H2,1-2H3,(H2,30,33). The maximum atomic E-state index is 13.1. The Kier molecular flexibility index (Phi) is 6.89. The van der Waals surface area contributed by atoms with Crippen LogP contribution in [0.2, 0.25) is 0 Å². The summed E-state index contributed by atoms with van der Waals surface area (Å²) < 4.78 is 84.5. The Labute approximate surface area is 196 Å². The Morgan fingerprint density at radius 1 is 1.06 bits per heavy atom. The molecule has 2 aromatic carbocycles. The molecule has 1 amide bonds. The molecule has 6 nitrogen and oxygen atoms in total. The number of aromatic nitrogens is 1. The van der Waals surface area contributed by atoms with E-state index in [2.05, 4.69) is 4.98 Å². The number of benzene rings is 2. The van der Waals surface area contributed by atoms with Gasteiger partial charge in [-0.05, 0) is 44.2 Å². The largest absolute Gasteiger partial charge is 0.441 e. The third-order valence-corrected chi connectivity index (χ3v) is 5.48. The number of carbonyl (C=O) groups excluding carboxylic acids is 1. The number of hydrogen-bond donors (Lipinski definition) is 2. The van der Waals surface area contributed by atoms with Crippen molar-refractivity contribution in [1.29, 1.82) is 0 Å². The number of nitrogens with two attached hydrogens (primary N) is 1. The molecule has 0 aliphatic carbocycles. The number of oxazole rings is 1. The van der Waals surface area contributed by atoms with Crippen molar-refractivity contribution in [2.75, 3.05) is 11.4 Å². The van der Waals surface area contributed by atoms with E-state index in [0.29, 0.717) is 41.4 Å². The number of aliphatic hydroxyl groups is 1. The van der Waals surface area contributed by atoms with E-state index in [1.54, 1.807) is 30.9 Å². The number of primary amides is 1. The van der Waals surface area contributed by atoms with Crippen LogP contribution in [0.5, 0.6) is 0 Å². The van der Waals surface area contributed by atoms with Crippen LogP contribution >= 0.6 is 0 Å². The van der Waals surface area contributed by atoms with E-state index in [-0.39, 0.29) is 18.0 Å². The third kappa shape index (κ3) is 4.97. The molecule has 3 rings (SSSR count). The van der Waals surface area contributed by atoms with Crippen LogP contribution in [0.25, 0.3) is 11.5 Å². The molecular formula is C23H21F6N3O3. The Balaban J connectivity index is 1.88. The van der Waals surface area contributed by atoms with Crippen molar-refractivity contribution in [3.8, 4) is 11.5 Å². The Morgan fingerprint density at radius 3 is 2.17 bits per heavy atom. The molecule has 0 bridgehead atoms. The van der Waals surface area contributed by atoms with E-state index in [9.17, 15) is 36.2 Å². The average molecular weight is 501 g/mol. The first-order valence-electron chi connectivity index (χ1n) is 10.3. The number of anilines is 1. The summed E-state index contributed by atoms with van der Waals surface area (Å²) in [6.07, 6.45) is -11.9. The van der Waals surface area contributed by atoms with Gasteiger partial charge in [-0.15, -0.1) is 0 Å². The summed E-state index contributed by atoms with van der Waals surface area (Å²) in [7, 11) is 0. The second kappa shape index (κ2) is 9.25. The first-order valence-corrected chi connectivity index (χ1v) is 10.3. The predicted octanol–water partition coefficient (Wildman–Crippen LogP) is 5.09. The minimum atomic E-state index is -5.96. The van der Waals surface area contributed by atoms with Crippen LogP contribution in [-0.4, -0.2) is 34.9 Å². The molecule has 0 radical (unpaired) electrons. The van der Waals surface area contributed by atoms with E-state index >= 15 is 0 Å². The van der Waals surface area contributed by atoms with Crippen molar-refractivity contribution in [2.24, 2.45) is 5.73 Å². The van der Waals surface area contributed by atoms with Gasteiger partial charge in [0.1, 0.15) is 11.5 Å². The van der Waals surface area contributed by atoms with Crippen molar-refractivity contribution in [3.05, 3.63) is 71.1 Å². The van der Waals surface area contributed by atoms with E-state index in [0.717, 1.165) is 12.1 Å². The lowest BCUT2D eigenvalue weighted by Crippen LogP contribution is -2.53. The molecule has 0 fully saturated rings. The van der Waals surface area contributed by atoms with Gasteiger partial charge in [-0.1, -0.05) is 18.2 Å². The molecule has 0 saturated carbocycles. The number of rotatable bonds is 7. The quantitative estimate of drug-likeness (QED) is 0.440. The summed E-state index contributed by atoms with van der Waals surface area (Å²) in [6, 6.07) is 9.63. The Morgan fingerprint density at radius 2 is 1.66 bits per heavy atom. The van der Waals surface area contributed by atoms with E-state index in [1.165, 1.54) is 12.1 Å². The molecule has 1 aromatic heterocycles. The molecular weight excluding hydrogens is 480 g/mol. The van der Waals surface area contributed by atoms with Crippen LogP contribution in [0.15, 0.2) is 52.9 Å². The Bertz CT molecular complexity index is 1190. The smallest absolute Gasteiger partial charge is 0.430 e. The highest BCUT2D eigenvalue weighted by molar-refractivity contribution is 5.93. The monoisotopic (exact) mass is 501 g/mol. The summed E-state index contributed by atoms with van der Waals surface area (Å²) in [5.74, 6) is 0.0226. The molecule has 3 N–H and O–H groups in total. The first kappa shape index (κ1) is 26.1. The highest BCUT2D eigenvalue weighted by atomic mass is 19.4. The zero-order valence-electron chi connectivity index (χ0n) is 18.5. The third-order valence-electron chi connectivity index (χ3n) is 5.48. The maximum Gasteiger partial charge on any atom is 0.430 e. The van der Waals surface area contributed by atoms with Crippen molar-refractivity contribution < 1.29 is 40.7 Å². The molecule has 35 heavy (non-hydrogen) atoms. The van der Waals surface area contributed by atoms with Crippen LogP contribution in [0.3, 0.4) is 0 Å². The van der Waals surface area contributed by atoms with Crippen molar-refractivity contribution in [1.82, 2.24) is 4.98 Å². The molecule has 0 aliphatic rings. The number of halogens is 6. The second-order valence-electron chi connectivity index (χ2n) is 7.73. The van der Waals surface area contributed by atoms with Gasteiger partial charge < -0.3 is 20.2 Å². The summed E-state index contributed by atoms with van der Waals surface area (Å²) in [6.45, 7) is 3.85. The van der Waals surface area contributed by atoms with Crippen LogP contribution < -0.4 is 10.6 Å². The number of hydrogen-bond acceptors (Lipinski definition) is 5. The first-order chi connectivity index (χ1) is 16.2. The lowest BCUT2D eigenvalue weighted by atomic mass is 9.92. The van der Waals surface area contributed by atoms with E-state index in [1.807, 2.05) is 0 Å². The van der Waals surface area contributed by atoms with Crippen LogP contribution in [0.1, 0.15) is 34.3 Å². The normalized spacial score (nSPS) is 12.6. The number of alkyl halides is 6. The molecule has 0 atom stereocenters. The topological polar surface area (TPSA) is 92.6 Å². The fraction of sp³-hybridized carbons (Fsp3) is 0.304. The molecule has 188 valence electrons. The van der Waals surface area contributed by atoms with Gasteiger partial charge in [0, 0.05) is 28.9 Å². The van der Waals surface area contributed by atoms with Crippen molar-refractivity contribution in [2.45, 2.75) is 38.3 Å². The minimum absolute atomic E-state index is 0.128. The van der Waals surface area contributed by atoms with Gasteiger partial charge in [-0.2, -0.15) is 26.3 Å². The van der Waals surface area contributed by atoms with Gasteiger partial charge in [-0.25, -0.2) is 4.98 Å². The highest BCUT2D eigenvalue weighted by Gasteiger charge is 2.71. The summed E-state index contributed by atoms with van der Waals surface area (Å²) in [5.41, 5.74) is 0.494. The van der Waals surface area contributed by atoms with Gasteiger partial charge in [0.15, 0.2) is 0 Å². The summed E-state index contributed by atoms with van der Waals surface area (Å²) in [5, 5.41) is 9.56. The highest BCUT2D eigenvalue weighted by Crippen LogP contribution is 2.50. The fourth-order valence-corrected chi connectivity index (χ4v) is 3.47. The number of amides is 1. The average Bonchev–Trinajstić information content (AvgIpc) is 3.15. The molecule has 12 heteroatoms. The minimum Gasteiger partial charge on any atom is -0.441 e. The summed E-state index contributed by atoms with van der Waals surface area (Å²) >= 11 is 0. The molecule has 0 spiro atoms. The molecule has 0 saturated heterocycles. The Hall–Kier alpha value is -3.54. The van der Waals surface area contributed by atoms with Crippen molar-refractivity contribution >= 4 is 11.6 Å². The predicted molar refractivity (Wildman–Crippen MR) is 114 cm³/mol. The van der Waals surface area contributed by atoms with Crippen LogP contribution in [0.4, 0.5) is 32.0 Å². The molecule has 1 heterocycles. The van der Waals surface area contributed by atoms with Gasteiger partial charge in [-0.3, -0.25) is 4.79 Å². The lowest BCUT2D eigenvalue weighted by Gasteiger charge is -2.33. The number of aryl methyl sites for hydroxylation is 1. The molecule has 0 unspecified atom stereocenters. The zero-order chi connectivity index (χ0) is 26.2. The van der Waals surface area contributed by atoms with Gasteiger partial charge in [0.25, 0.3) is 5.60 Å². The van der Waals surface area contributed by atoms with Crippen LogP contribution in [-0.2, 0) is 12.1 Å². The van der Waals surface area contributed by atoms with Gasteiger partial charge in [0.05, 0.1) is 6.54 Å². The molecule has 0 aliphatic heterocycles.